The standard InChI is InChI=1S/C13H16ClN3O/c1-2-5-17-9-15-7-11(17)8-16-10-3-4-13(18)12(14)6-10/h3-4,6-7,9,16,18H,2,5,8H2,1H3. The summed E-state index contributed by atoms with van der Waals surface area (Å²) in [5, 5.41) is 12.9. The first-order valence-electron chi connectivity index (χ1n) is 5.92. The van der Waals surface area contributed by atoms with Crippen molar-refractivity contribution in [2.45, 2.75) is 26.4 Å². The van der Waals surface area contributed by atoms with Crippen molar-refractivity contribution in [3.8, 4) is 5.75 Å². The summed E-state index contributed by atoms with van der Waals surface area (Å²) in [6.45, 7) is 3.78. The lowest BCUT2D eigenvalue weighted by atomic mass is 10.3. The molecular formula is C13H16ClN3O. The van der Waals surface area contributed by atoms with Crippen molar-refractivity contribution in [3.63, 3.8) is 0 Å². The molecule has 5 heteroatoms. The maximum Gasteiger partial charge on any atom is 0.134 e. The molecule has 2 aromatic rings. The predicted molar refractivity (Wildman–Crippen MR) is 73.0 cm³/mol. The molecule has 18 heavy (non-hydrogen) atoms. The third kappa shape index (κ3) is 2.96. The second-order valence-electron chi connectivity index (χ2n) is 4.10. The Morgan fingerprint density at radius 3 is 3.00 bits per heavy atom. The van der Waals surface area contributed by atoms with E-state index in [0.29, 0.717) is 11.6 Å². The lowest BCUT2D eigenvalue weighted by Crippen LogP contribution is -2.06. The van der Waals surface area contributed by atoms with Gasteiger partial charge in [0.15, 0.2) is 0 Å². The average molecular weight is 266 g/mol. The third-order valence-electron chi connectivity index (χ3n) is 2.68. The number of aryl methyl sites for hydroxylation is 1. The summed E-state index contributed by atoms with van der Waals surface area (Å²) in [4.78, 5) is 4.14. The number of halogens is 1. The maximum absolute atomic E-state index is 9.34. The van der Waals surface area contributed by atoms with Crippen LogP contribution in [-0.2, 0) is 13.1 Å². The van der Waals surface area contributed by atoms with Crippen LogP contribution >= 0.6 is 11.6 Å². The van der Waals surface area contributed by atoms with Crippen LogP contribution in [0.25, 0.3) is 0 Å². The first kappa shape index (κ1) is 12.8. The number of nitrogens with zero attached hydrogens (tertiary/aromatic N) is 2. The lowest BCUT2D eigenvalue weighted by molar-refractivity contribution is 0.475. The fourth-order valence-corrected chi connectivity index (χ4v) is 1.93. The zero-order chi connectivity index (χ0) is 13.0. The Morgan fingerprint density at radius 1 is 1.44 bits per heavy atom. The minimum absolute atomic E-state index is 0.0956. The van der Waals surface area contributed by atoms with Crippen LogP contribution in [0, 0.1) is 0 Å². The van der Waals surface area contributed by atoms with E-state index in [1.54, 1.807) is 18.2 Å². The van der Waals surface area contributed by atoms with Gasteiger partial charge in [0.05, 0.1) is 23.6 Å². The Labute approximate surface area is 111 Å². The molecular weight excluding hydrogens is 250 g/mol. The number of benzene rings is 1. The normalized spacial score (nSPS) is 10.6. The van der Waals surface area contributed by atoms with Gasteiger partial charge in [-0.15, -0.1) is 0 Å². The van der Waals surface area contributed by atoms with Gasteiger partial charge in [-0.25, -0.2) is 4.98 Å². The second kappa shape index (κ2) is 5.78. The molecule has 0 unspecified atom stereocenters. The number of phenols is 1. The van der Waals surface area contributed by atoms with Gasteiger partial charge >= 0.3 is 0 Å². The molecule has 4 nitrogen and oxygen atoms in total. The highest BCUT2D eigenvalue weighted by atomic mass is 35.5. The van der Waals surface area contributed by atoms with Crippen molar-refractivity contribution < 1.29 is 5.11 Å². The van der Waals surface area contributed by atoms with Gasteiger partial charge < -0.3 is 15.0 Å². The topological polar surface area (TPSA) is 50.1 Å². The van der Waals surface area contributed by atoms with E-state index in [9.17, 15) is 5.11 Å². The highest BCUT2D eigenvalue weighted by molar-refractivity contribution is 6.32. The number of anilines is 1. The number of nitrogens with one attached hydrogen (secondary N) is 1. The van der Waals surface area contributed by atoms with Crippen molar-refractivity contribution in [2.75, 3.05) is 5.32 Å². The molecule has 1 heterocycles. The highest BCUT2D eigenvalue weighted by Crippen LogP contribution is 2.26. The van der Waals surface area contributed by atoms with Gasteiger partial charge in [0, 0.05) is 18.4 Å². The number of hydrogen-bond donors (Lipinski definition) is 2. The fourth-order valence-electron chi connectivity index (χ4n) is 1.75. The number of imidazole rings is 1. The molecule has 0 radical (unpaired) electrons. The van der Waals surface area contributed by atoms with Crippen LogP contribution < -0.4 is 5.32 Å². The molecule has 2 N–H and O–H groups in total. The van der Waals surface area contributed by atoms with E-state index in [4.69, 9.17) is 11.6 Å². The molecule has 0 atom stereocenters. The van der Waals surface area contributed by atoms with Crippen LogP contribution in [0.15, 0.2) is 30.7 Å². The van der Waals surface area contributed by atoms with Gasteiger partial charge in [0.2, 0.25) is 0 Å². The van der Waals surface area contributed by atoms with Gasteiger partial charge in [-0.2, -0.15) is 0 Å². The van der Waals surface area contributed by atoms with Gasteiger partial charge in [-0.1, -0.05) is 18.5 Å². The van der Waals surface area contributed by atoms with Crippen LogP contribution in [0.2, 0.25) is 5.02 Å². The molecule has 0 saturated heterocycles. The summed E-state index contributed by atoms with van der Waals surface area (Å²) in [5.41, 5.74) is 2.00. The minimum atomic E-state index is 0.0956. The third-order valence-corrected chi connectivity index (χ3v) is 2.99. The van der Waals surface area contributed by atoms with E-state index in [1.165, 1.54) is 0 Å². The summed E-state index contributed by atoms with van der Waals surface area (Å²) in [7, 11) is 0. The molecule has 0 aliphatic heterocycles. The zero-order valence-corrected chi connectivity index (χ0v) is 11.0. The molecule has 1 aromatic carbocycles. The average Bonchev–Trinajstić information content (AvgIpc) is 2.79. The van der Waals surface area contributed by atoms with Gasteiger partial charge in [-0.3, -0.25) is 0 Å². The van der Waals surface area contributed by atoms with Gasteiger partial charge in [0.25, 0.3) is 0 Å². The molecule has 0 bridgehead atoms. The summed E-state index contributed by atoms with van der Waals surface area (Å²) >= 11 is 5.85. The quantitative estimate of drug-likeness (QED) is 0.816. The van der Waals surface area contributed by atoms with E-state index < -0.39 is 0 Å². The van der Waals surface area contributed by atoms with Crippen molar-refractivity contribution in [1.82, 2.24) is 9.55 Å². The van der Waals surface area contributed by atoms with Crippen LogP contribution in [0.1, 0.15) is 19.0 Å². The van der Waals surface area contributed by atoms with Gasteiger partial charge in [-0.05, 0) is 24.6 Å². The van der Waals surface area contributed by atoms with Crippen molar-refractivity contribution in [1.29, 1.82) is 0 Å². The summed E-state index contributed by atoms with van der Waals surface area (Å²) in [6, 6.07) is 5.08. The molecule has 96 valence electrons. The number of rotatable bonds is 5. The molecule has 0 fully saturated rings. The highest BCUT2D eigenvalue weighted by Gasteiger charge is 2.03. The number of aromatic hydroxyl groups is 1. The minimum Gasteiger partial charge on any atom is -0.506 e. The van der Waals surface area contributed by atoms with Crippen molar-refractivity contribution in [2.24, 2.45) is 0 Å². The lowest BCUT2D eigenvalue weighted by Gasteiger charge is -2.09. The van der Waals surface area contributed by atoms with E-state index in [-0.39, 0.29) is 5.75 Å². The predicted octanol–water partition coefficient (Wildman–Crippen LogP) is 3.26. The van der Waals surface area contributed by atoms with Crippen LogP contribution in [0.3, 0.4) is 0 Å². The molecule has 0 aliphatic rings. The number of aromatic nitrogens is 2. The molecule has 2 rings (SSSR count). The van der Waals surface area contributed by atoms with Crippen LogP contribution in [-0.4, -0.2) is 14.7 Å². The Kier molecular flexibility index (Phi) is 4.10. The summed E-state index contributed by atoms with van der Waals surface area (Å²) in [5.74, 6) is 0.0956. The fraction of sp³-hybridized carbons (Fsp3) is 0.308. The van der Waals surface area contributed by atoms with E-state index in [1.807, 2.05) is 12.5 Å². The van der Waals surface area contributed by atoms with Crippen molar-refractivity contribution in [3.05, 3.63) is 41.4 Å². The smallest absolute Gasteiger partial charge is 0.134 e. The monoisotopic (exact) mass is 265 g/mol. The molecule has 0 spiro atoms. The van der Waals surface area contributed by atoms with E-state index in [2.05, 4.69) is 21.8 Å². The second-order valence-corrected chi connectivity index (χ2v) is 4.51. The van der Waals surface area contributed by atoms with Crippen molar-refractivity contribution >= 4 is 17.3 Å². The Bertz CT molecular complexity index is 525. The maximum atomic E-state index is 9.34. The first-order valence-corrected chi connectivity index (χ1v) is 6.30. The summed E-state index contributed by atoms with van der Waals surface area (Å²) in [6.07, 6.45) is 4.77. The molecule has 0 amide bonds. The van der Waals surface area contributed by atoms with Crippen LogP contribution in [0.5, 0.6) is 5.75 Å². The molecule has 0 saturated carbocycles. The zero-order valence-electron chi connectivity index (χ0n) is 10.2. The molecule has 1 aromatic heterocycles. The SMILES string of the molecule is CCCn1cncc1CNc1ccc(O)c(Cl)c1. The first-order chi connectivity index (χ1) is 8.70. The number of hydrogen-bond acceptors (Lipinski definition) is 3. The van der Waals surface area contributed by atoms with Crippen LogP contribution in [0.4, 0.5) is 5.69 Å². The van der Waals surface area contributed by atoms with E-state index >= 15 is 0 Å². The van der Waals surface area contributed by atoms with Gasteiger partial charge in [0.1, 0.15) is 5.75 Å². The Hall–Kier alpha value is -1.68. The van der Waals surface area contributed by atoms with E-state index in [0.717, 1.165) is 24.3 Å². The Balaban J connectivity index is 2.02. The Morgan fingerprint density at radius 2 is 2.28 bits per heavy atom. The molecule has 0 aliphatic carbocycles. The largest absolute Gasteiger partial charge is 0.506 e. The summed E-state index contributed by atoms with van der Waals surface area (Å²) < 4.78 is 2.12. The number of phenolic OH excluding ortho intramolecular Hbond substituents is 1.